The van der Waals surface area contributed by atoms with Crippen LogP contribution in [-0.2, 0) is 13.0 Å². The second-order valence-electron chi connectivity index (χ2n) is 4.88. The van der Waals surface area contributed by atoms with E-state index >= 15 is 0 Å². The summed E-state index contributed by atoms with van der Waals surface area (Å²) in [5, 5.41) is 7.40. The number of benzene rings is 1. The molecule has 0 saturated carbocycles. The van der Waals surface area contributed by atoms with Crippen molar-refractivity contribution in [1.29, 1.82) is 0 Å². The largest absolute Gasteiger partial charge is 0.310 e. The van der Waals surface area contributed by atoms with E-state index in [0.29, 0.717) is 18.5 Å². The number of likely N-dealkylation sites (N-methyl/N-ethyl adjacent to an activating group) is 1. The van der Waals surface area contributed by atoms with Gasteiger partial charge in [0.1, 0.15) is 23.8 Å². The van der Waals surface area contributed by atoms with E-state index < -0.39 is 11.6 Å². The predicted octanol–water partition coefficient (Wildman–Crippen LogP) is 2.86. The van der Waals surface area contributed by atoms with Crippen LogP contribution in [0.5, 0.6) is 0 Å². The Hall–Kier alpha value is -1.82. The molecule has 1 aromatic carbocycles. The minimum absolute atomic E-state index is 0.254. The molecule has 1 aromatic heterocycles. The van der Waals surface area contributed by atoms with Crippen LogP contribution in [0.4, 0.5) is 8.78 Å². The maximum atomic E-state index is 14.0. The molecular formula is C15H20F2N4. The van der Waals surface area contributed by atoms with Crippen molar-refractivity contribution in [2.75, 3.05) is 6.54 Å². The summed E-state index contributed by atoms with van der Waals surface area (Å²) in [6, 6.07) is 3.42. The molecule has 0 spiro atoms. The minimum Gasteiger partial charge on any atom is -0.310 e. The zero-order valence-electron chi connectivity index (χ0n) is 12.3. The summed E-state index contributed by atoms with van der Waals surface area (Å²) in [6.07, 6.45) is 2.97. The van der Waals surface area contributed by atoms with Gasteiger partial charge in [0.2, 0.25) is 0 Å². The van der Waals surface area contributed by atoms with Gasteiger partial charge in [-0.25, -0.2) is 13.8 Å². The van der Waals surface area contributed by atoms with E-state index in [1.54, 1.807) is 0 Å². The van der Waals surface area contributed by atoms with E-state index in [-0.39, 0.29) is 6.04 Å². The molecular weight excluding hydrogens is 274 g/mol. The number of aryl methyl sites for hydroxylation is 1. The molecule has 1 unspecified atom stereocenters. The van der Waals surface area contributed by atoms with Gasteiger partial charge in [-0.3, -0.25) is 4.68 Å². The quantitative estimate of drug-likeness (QED) is 0.854. The Morgan fingerprint density at radius 3 is 2.76 bits per heavy atom. The highest BCUT2D eigenvalue weighted by molar-refractivity contribution is 5.23. The molecule has 0 radical (unpaired) electrons. The van der Waals surface area contributed by atoms with Crippen LogP contribution in [0, 0.1) is 11.6 Å². The summed E-state index contributed by atoms with van der Waals surface area (Å²) in [5.74, 6) is -0.310. The molecule has 4 nitrogen and oxygen atoms in total. The molecule has 0 amide bonds. The molecule has 0 aliphatic carbocycles. The molecule has 0 bridgehead atoms. The summed E-state index contributed by atoms with van der Waals surface area (Å²) in [4.78, 5) is 4.24. The fraction of sp³-hybridized carbons (Fsp3) is 0.467. The molecule has 6 heteroatoms. The van der Waals surface area contributed by atoms with Gasteiger partial charge < -0.3 is 5.32 Å². The molecule has 0 saturated heterocycles. The lowest BCUT2D eigenvalue weighted by molar-refractivity contribution is 0.475. The highest BCUT2D eigenvalue weighted by Crippen LogP contribution is 2.21. The van der Waals surface area contributed by atoms with Gasteiger partial charge in [-0.2, -0.15) is 5.10 Å². The van der Waals surface area contributed by atoms with Crippen LogP contribution in [0.2, 0.25) is 0 Å². The Morgan fingerprint density at radius 1 is 1.29 bits per heavy atom. The van der Waals surface area contributed by atoms with Gasteiger partial charge in [0.05, 0.1) is 0 Å². The SMILES string of the molecule is CCCn1ncnc1CC(NCC)c1ccc(F)cc1F. The summed E-state index contributed by atoms with van der Waals surface area (Å²) in [6.45, 7) is 5.47. The van der Waals surface area contributed by atoms with E-state index in [4.69, 9.17) is 0 Å². The van der Waals surface area contributed by atoms with E-state index in [0.717, 1.165) is 24.9 Å². The minimum atomic E-state index is -0.569. The zero-order valence-corrected chi connectivity index (χ0v) is 12.3. The second-order valence-corrected chi connectivity index (χ2v) is 4.88. The van der Waals surface area contributed by atoms with Gasteiger partial charge in [0, 0.05) is 30.6 Å². The molecule has 1 N–H and O–H groups in total. The monoisotopic (exact) mass is 294 g/mol. The molecule has 21 heavy (non-hydrogen) atoms. The molecule has 0 aliphatic heterocycles. The maximum Gasteiger partial charge on any atom is 0.138 e. The second kappa shape index (κ2) is 7.26. The van der Waals surface area contributed by atoms with Crippen LogP contribution in [0.15, 0.2) is 24.5 Å². The van der Waals surface area contributed by atoms with E-state index in [2.05, 4.69) is 22.3 Å². The first-order valence-corrected chi connectivity index (χ1v) is 7.20. The Balaban J connectivity index is 2.24. The van der Waals surface area contributed by atoms with Crippen molar-refractivity contribution in [3.63, 3.8) is 0 Å². The number of nitrogens with one attached hydrogen (secondary N) is 1. The smallest absolute Gasteiger partial charge is 0.138 e. The van der Waals surface area contributed by atoms with Crippen molar-refractivity contribution in [2.45, 2.75) is 39.3 Å². The highest BCUT2D eigenvalue weighted by Gasteiger charge is 2.18. The van der Waals surface area contributed by atoms with Gasteiger partial charge in [0.25, 0.3) is 0 Å². The van der Waals surface area contributed by atoms with E-state index in [1.807, 2.05) is 11.6 Å². The van der Waals surface area contributed by atoms with E-state index in [9.17, 15) is 8.78 Å². The first-order chi connectivity index (χ1) is 10.2. The highest BCUT2D eigenvalue weighted by atomic mass is 19.1. The molecule has 1 heterocycles. The topological polar surface area (TPSA) is 42.7 Å². The van der Waals surface area contributed by atoms with Gasteiger partial charge in [0.15, 0.2) is 0 Å². The first kappa shape index (κ1) is 15.6. The lowest BCUT2D eigenvalue weighted by atomic mass is 10.0. The summed E-state index contributed by atoms with van der Waals surface area (Å²) < 4.78 is 28.9. The van der Waals surface area contributed by atoms with Gasteiger partial charge in [-0.05, 0) is 19.0 Å². The lowest BCUT2D eigenvalue weighted by Gasteiger charge is -2.19. The average Bonchev–Trinajstić information content (AvgIpc) is 2.86. The van der Waals surface area contributed by atoms with Crippen LogP contribution in [-0.4, -0.2) is 21.3 Å². The number of nitrogens with zero attached hydrogens (tertiary/aromatic N) is 3. The molecule has 2 rings (SSSR count). The lowest BCUT2D eigenvalue weighted by Crippen LogP contribution is -2.25. The van der Waals surface area contributed by atoms with Crippen LogP contribution in [0.3, 0.4) is 0 Å². The van der Waals surface area contributed by atoms with Gasteiger partial charge >= 0.3 is 0 Å². The summed E-state index contributed by atoms with van der Waals surface area (Å²) in [5.41, 5.74) is 0.448. The van der Waals surface area contributed by atoms with Crippen LogP contribution in [0.1, 0.15) is 37.7 Å². The number of halogens is 2. The Morgan fingerprint density at radius 2 is 2.10 bits per heavy atom. The Kier molecular flexibility index (Phi) is 5.38. The van der Waals surface area contributed by atoms with Gasteiger partial charge in [-0.15, -0.1) is 0 Å². The Labute approximate surface area is 123 Å². The molecule has 1 atom stereocenters. The predicted molar refractivity (Wildman–Crippen MR) is 76.8 cm³/mol. The van der Waals surface area contributed by atoms with Crippen LogP contribution < -0.4 is 5.32 Å². The van der Waals surface area contributed by atoms with Gasteiger partial charge in [-0.1, -0.05) is 19.9 Å². The average molecular weight is 294 g/mol. The molecule has 0 aliphatic rings. The normalized spacial score (nSPS) is 12.6. The van der Waals surface area contributed by atoms with Crippen molar-refractivity contribution in [2.24, 2.45) is 0 Å². The van der Waals surface area contributed by atoms with Crippen LogP contribution >= 0.6 is 0 Å². The number of hydrogen-bond acceptors (Lipinski definition) is 3. The first-order valence-electron chi connectivity index (χ1n) is 7.20. The molecule has 0 fully saturated rings. The molecule has 2 aromatic rings. The third kappa shape index (κ3) is 3.85. The van der Waals surface area contributed by atoms with Crippen molar-refractivity contribution < 1.29 is 8.78 Å². The maximum absolute atomic E-state index is 14.0. The standard InChI is InChI=1S/C15H20F2N4/c1-3-7-21-15(19-10-20-21)9-14(18-4-2)12-6-5-11(16)8-13(12)17/h5-6,8,10,14,18H,3-4,7,9H2,1-2H3. The number of aromatic nitrogens is 3. The van der Waals surface area contributed by atoms with E-state index in [1.165, 1.54) is 18.5 Å². The summed E-state index contributed by atoms with van der Waals surface area (Å²) in [7, 11) is 0. The van der Waals surface area contributed by atoms with Crippen LogP contribution in [0.25, 0.3) is 0 Å². The Bertz CT molecular complexity index is 583. The molecule has 114 valence electrons. The van der Waals surface area contributed by atoms with Crippen molar-refractivity contribution in [1.82, 2.24) is 20.1 Å². The van der Waals surface area contributed by atoms with Crippen molar-refractivity contribution in [3.05, 3.63) is 47.5 Å². The number of hydrogen-bond donors (Lipinski definition) is 1. The number of rotatable bonds is 7. The fourth-order valence-electron chi connectivity index (χ4n) is 2.35. The van der Waals surface area contributed by atoms with Crippen molar-refractivity contribution >= 4 is 0 Å². The third-order valence-corrected chi connectivity index (χ3v) is 3.31. The van der Waals surface area contributed by atoms with Crippen molar-refractivity contribution in [3.8, 4) is 0 Å². The zero-order chi connectivity index (χ0) is 15.2. The third-order valence-electron chi connectivity index (χ3n) is 3.31. The fourth-order valence-corrected chi connectivity index (χ4v) is 2.35. The summed E-state index contributed by atoms with van der Waals surface area (Å²) >= 11 is 0.